The van der Waals surface area contributed by atoms with Crippen molar-refractivity contribution in [2.45, 2.75) is 36.4 Å². The number of nitrogens with zero attached hydrogens (tertiary/aromatic N) is 2. The summed E-state index contributed by atoms with van der Waals surface area (Å²) >= 11 is 6.49. The highest BCUT2D eigenvalue weighted by atomic mass is 35.5. The Hall–Kier alpha value is -2.44. The predicted octanol–water partition coefficient (Wildman–Crippen LogP) is 3.39. The van der Waals surface area contributed by atoms with E-state index in [0.29, 0.717) is 23.6 Å². The van der Waals surface area contributed by atoms with E-state index < -0.39 is 17.5 Å². The van der Waals surface area contributed by atoms with Gasteiger partial charge in [-0.25, -0.2) is 0 Å². The van der Waals surface area contributed by atoms with Crippen LogP contribution in [0.2, 0.25) is 5.02 Å². The molecule has 0 bridgehead atoms. The molecule has 2 aromatic rings. The van der Waals surface area contributed by atoms with E-state index in [2.05, 4.69) is 10.2 Å². The second-order valence-corrected chi connectivity index (χ2v) is 7.85. The summed E-state index contributed by atoms with van der Waals surface area (Å²) in [5.41, 5.74) is 1.12. The molecule has 6 nitrogen and oxygen atoms in total. The maximum absolute atomic E-state index is 13.4. The molecular formula is C20H18ClN3O3. The second-order valence-electron chi connectivity index (χ2n) is 7.44. The van der Waals surface area contributed by atoms with Crippen molar-refractivity contribution in [3.05, 3.63) is 74.8 Å². The Labute approximate surface area is 161 Å². The van der Waals surface area contributed by atoms with Gasteiger partial charge >= 0.3 is 0 Å². The fraction of sp³-hybridized carbons (Fsp3) is 0.350. The standard InChI is InChI=1S/C20H18ClN3O3/c21-14-8-3-1-6-12(14)17-18(24(26)27)16-10-5-11-23(16)20(17)13-7-2-4-9-15(13)22-19(20)25/h1-4,6-9,16-18H,5,10-11H2,(H,22,25)/t16-,17-,18+,20+/m1/s1. The Morgan fingerprint density at radius 1 is 1.19 bits per heavy atom. The number of para-hydroxylation sites is 1. The number of carbonyl (C=O) groups is 1. The Morgan fingerprint density at radius 3 is 2.70 bits per heavy atom. The van der Waals surface area contributed by atoms with E-state index in [0.717, 1.165) is 17.7 Å². The first-order valence-corrected chi connectivity index (χ1v) is 9.50. The first-order valence-electron chi connectivity index (χ1n) is 9.12. The summed E-state index contributed by atoms with van der Waals surface area (Å²) in [6, 6.07) is 13.5. The number of anilines is 1. The molecule has 5 rings (SSSR count). The van der Waals surface area contributed by atoms with Crippen molar-refractivity contribution in [2.75, 3.05) is 11.9 Å². The third-order valence-corrected chi connectivity index (χ3v) is 6.70. The second kappa shape index (κ2) is 5.78. The number of hydrogen-bond acceptors (Lipinski definition) is 4. The van der Waals surface area contributed by atoms with Crippen LogP contribution in [0.1, 0.15) is 29.9 Å². The van der Waals surface area contributed by atoms with E-state index >= 15 is 0 Å². The summed E-state index contributed by atoms with van der Waals surface area (Å²) < 4.78 is 0. The molecule has 0 aliphatic carbocycles. The molecule has 3 aliphatic heterocycles. The van der Waals surface area contributed by atoms with Crippen molar-refractivity contribution >= 4 is 23.2 Å². The fourth-order valence-corrected chi connectivity index (χ4v) is 5.74. The van der Waals surface area contributed by atoms with Gasteiger partial charge in [0.1, 0.15) is 5.54 Å². The van der Waals surface area contributed by atoms with Crippen molar-refractivity contribution in [3.63, 3.8) is 0 Å². The minimum absolute atomic E-state index is 0.190. The third-order valence-electron chi connectivity index (χ3n) is 6.35. The molecule has 7 heteroatoms. The summed E-state index contributed by atoms with van der Waals surface area (Å²) in [4.78, 5) is 27.5. The van der Waals surface area contributed by atoms with Gasteiger partial charge in [0.15, 0.2) is 0 Å². The highest BCUT2D eigenvalue weighted by molar-refractivity contribution is 6.31. The molecule has 3 heterocycles. The maximum Gasteiger partial charge on any atom is 0.250 e. The molecule has 138 valence electrons. The van der Waals surface area contributed by atoms with Crippen molar-refractivity contribution in [1.29, 1.82) is 0 Å². The lowest BCUT2D eigenvalue weighted by Crippen LogP contribution is -2.50. The Kier molecular flexibility index (Phi) is 3.58. The molecule has 27 heavy (non-hydrogen) atoms. The first kappa shape index (κ1) is 16.7. The van der Waals surface area contributed by atoms with Gasteiger partial charge in [0.2, 0.25) is 6.04 Å². The molecule has 0 unspecified atom stereocenters. The van der Waals surface area contributed by atoms with Crippen LogP contribution >= 0.6 is 11.6 Å². The summed E-state index contributed by atoms with van der Waals surface area (Å²) in [7, 11) is 0. The number of fused-ring (bicyclic) bond motifs is 4. The van der Waals surface area contributed by atoms with Crippen molar-refractivity contribution in [3.8, 4) is 0 Å². The highest BCUT2D eigenvalue weighted by Gasteiger charge is 2.71. The minimum Gasteiger partial charge on any atom is -0.324 e. The van der Waals surface area contributed by atoms with Gasteiger partial charge in [-0.3, -0.25) is 19.8 Å². The molecule has 0 saturated carbocycles. The van der Waals surface area contributed by atoms with Gasteiger partial charge < -0.3 is 5.32 Å². The average Bonchev–Trinajstić information content (AvgIpc) is 3.29. The highest BCUT2D eigenvalue weighted by Crippen LogP contribution is 2.60. The average molecular weight is 384 g/mol. The number of hydrogen-bond donors (Lipinski definition) is 1. The SMILES string of the molecule is O=C1Nc2ccccc2[C@]12[C@H](c1ccccc1Cl)[C@@H]([N+](=O)[O-])[C@H]1CCCN12. The molecular weight excluding hydrogens is 366 g/mol. The van der Waals surface area contributed by atoms with Crippen LogP contribution in [-0.2, 0) is 10.3 Å². The van der Waals surface area contributed by atoms with Crippen molar-refractivity contribution < 1.29 is 9.72 Å². The van der Waals surface area contributed by atoms with Gasteiger partial charge in [0.25, 0.3) is 5.91 Å². The van der Waals surface area contributed by atoms with Crippen LogP contribution in [0.5, 0.6) is 0 Å². The van der Waals surface area contributed by atoms with Crippen LogP contribution in [0.4, 0.5) is 5.69 Å². The number of rotatable bonds is 2. The molecule has 2 saturated heterocycles. The number of nitro groups is 1. The maximum atomic E-state index is 13.4. The Bertz CT molecular complexity index is 965. The van der Waals surface area contributed by atoms with Crippen LogP contribution in [0.25, 0.3) is 0 Å². The summed E-state index contributed by atoms with van der Waals surface area (Å²) in [6.45, 7) is 0.664. The smallest absolute Gasteiger partial charge is 0.250 e. The van der Waals surface area contributed by atoms with Crippen molar-refractivity contribution in [1.82, 2.24) is 4.90 Å². The van der Waals surface area contributed by atoms with Crippen LogP contribution in [-0.4, -0.2) is 34.4 Å². The van der Waals surface area contributed by atoms with E-state index in [1.54, 1.807) is 12.1 Å². The lowest BCUT2D eigenvalue weighted by molar-refractivity contribution is -0.527. The molecule has 4 atom stereocenters. The third kappa shape index (κ3) is 2.02. The van der Waals surface area contributed by atoms with Crippen LogP contribution in [0.3, 0.4) is 0 Å². The van der Waals surface area contributed by atoms with Gasteiger partial charge in [-0.15, -0.1) is 0 Å². The minimum atomic E-state index is -1.10. The van der Waals surface area contributed by atoms with Gasteiger partial charge in [0.05, 0.1) is 12.0 Å². The van der Waals surface area contributed by atoms with E-state index in [-0.39, 0.29) is 16.9 Å². The normalized spacial score (nSPS) is 31.7. The lowest BCUT2D eigenvalue weighted by atomic mass is 9.73. The number of halogens is 1. The summed E-state index contributed by atoms with van der Waals surface area (Å²) in [5.74, 6) is -0.833. The molecule has 0 radical (unpaired) electrons. The zero-order valence-corrected chi connectivity index (χ0v) is 15.2. The quantitative estimate of drug-likeness (QED) is 0.637. The lowest BCUT2D eigenvalue weighted by Gasteiger charge is -2.36. The van der Waals surface area contributed by atoms with Crippen LogP contribution < -0.4 is 5.32 Å². The Morgan fingerprint density at radius 2 is 1.93 bits per heavy atom. The predicted molar refractivity (Wildman–Crippen MR) is 101 cm³/mol. The zero-order chi connectivity index (χ0) is 18.8. The molecule has 1 amide bonds. The van der Waals surface area contributed by atoms with E-state index in [1.165, 1.54) is 0 Å². The van der Waals surface area contributed by atoms with Crippen LogP contribution in [0.15, 0.2) is 48.5 Å². The van der Waals surface area contributed by atoms with E-state index in [4.69, 9.17) is 11.6 Å². The molecule has 1 spiro atoms. The number of amides is 1. The molecule has 1 N–H and O–H groups in total. The Balaban J connectivity index is 1.83. The van der Waals surface area contributed by atoms with Gasteiger partial charge in [-0.2, -0.15) is 0 Å². The molecule has 2 aromatic carbocycles. The van der Waals surface area contributed by atoms with Gasteiger partial charge in [0, 0.05) is 27.7 Å². The van der Waals surface area contributed by atoms with Crippen molar-refractivity contribution in [2.24, 2.45) is 0 Å². The van der Waals surface area contributed by atoms with Crippen LogP contribution in [0, 0.1) is 10.1 Å². The number of nitrogens with one attached hydrogen (secondary N) is 1. The molecule has 2 fully saturated rings. The number of benzene rings is 2. The van der Waals surface area contributed by atoms with E-state index in [1.807, 2.05) is 36.4 Å². The molecule has 0 aromatic heterocycles. The topological polar surface area (TPSA) is 75.5 Å². The largest absolute Gasteiger partial charge is 0.324 e. The summed E-state index contributed by atoms with van der Waals surface area (Å²) in [6.07, 6.45) is 1.56. The summed E-state index contributed by atoms with van der Waals surface area (Å²) in [5, 5.41) is 15.6. The monoisotopic (exact) mass is 383 g/mol. The zero-order valence-electron chi connectivity index (χ0n) is 14.5. The van der Waals surface area contributed by atoms with Gasteiger partial charge in [-0.1, -0.05) is 48.0 Å². The van der Waals surface area contributed by atoms with Gasteiger partial charge in [-0.05, 0) is 30.5 Å². The first-order chi connectivity index (χ1) is 13.1. The fourth-order valence-electron chi connectivity index (χ4n) is 5.49. The molecule has 3 aliphatic rings. The number of carbonyl (C=O) groups excluding carboxylic acids is 1. The van der Waals surface area contributed by atoms with E-state index in [9.17, 15) is 14.9 Å².